The van der Waals surface area contributed by atoms with E-state index in [9.17, 15) is 9.18 Å². The van der Waals surface area contributed by atoms with Crippen LogP contribution in [0.15, 0.2) is 24.7 Å². The number of hydrogen-bond donors (Lipinski definition) is 2. The molecule has 0 aliphatic heterocycles. The van der Waals surface area contributed by atoms with Gasteiger partial charge in [-0.25, -0.2) is 19.7 Å². The second-order valence-corrected chi connectivity index (χ2v) is 3.55. The molecular formula is C11H9FN4O2. The number of anilines is 1. The van der Waals surface area contributed by atoms with Crippen LogP contribution < -0.4 is 5.32 Å². The summed E-state index contributed by atoms with van der Waals surface area (Å²) in [4.78, 5) is 21.8. The Hall–Kier alpha value is -2.57. The summed E-state index contributed by atoms with van der Waals surface area (Å²) in [6.07, 6.45) is 1.34. The Bertz CT molecular complexity index is 603. The quantitative estimate of drug-likeness (QED) is 0.794. The Balaban J connectivity index is 2.38. The molecule has 0 aromatic carbocycles. The number of rotatable bonds is 2. The number of aryl methyl sites for hydroxylation is 1. The fraction of sp³-hybridized carbons (Fsp3) is 0.0909. The maximum atomic E-state index is 13.0. The van der Waals surface area contributed by atoms with Crippen LogP contribution in [0.5, 0.6) is 0 Å². The van der Waals surface area contributed by atoms with Crippen molar-refractivity contribution < 1.29 is 14.3 Å². The van der Waals surface area contributed by atoms with Crippen molar-refractivity contribution in [3.63, 3.8) is 0 Å². The maximum absolute atomic E-state index is 13.0. The molecule has 0 aliphatic carbocycles. The standard InChI is InChI=1S/C11H9FN4O2/c1-6-2-7(4-13-10(6)12)8-3-9(15-5-14-8)16-11(17)18/h2-5H,1H3,(H,17,18)(H,14,15,16). The van der Waals surface area contributed by atoms with E-state index in [1.807, 2.05) is 0 Å². The molecule has 0 radical (unpaired) electrons. The molecule has 2 N–H and O–H groups in total. The molecule has 0 fully saturated rings. The molecule has 6 nitrogen and oxygen atoms in total. The van der Waals surface area contributed by atoms with Gasteiger partial charge in [0.2, 0.25) is 5.95 Å². The first-order valence-electron chi connectivity index (χ1n) is 5.01. The lowest BCUT2D eigenvalue weighted by molar-refractivity contribution is 0.209. The third kappa shape index (κ3) is 2.57. The van der Waals surface area contributed by atoms with E-state index in [1.54, 1.807) is 13.0 Å². The van der Waals surface area contributed by atoms with E-state index >= 15 is 0 Å². The minimum atomic E-state index is -1.21. The zero-order valence-corrected chi connectivity index (χ0v) is 9.38. The number of halogens is 1. The van der Waals surface area contributed by atoms with Crippen LogP contribution in [0.4, 0.5) is 15.0 Å². The van der Waals surface area contributed by atoms with Gasteiger partial charge >= 0.3 is 6.09 Å². The van der Waals surface area contributed by atoms with Crippen molar-refractivity contribution in [1.82, 2.24) is 15.0 Å². The van der Waals surface area contributed by atoms with Gasteiger partial charge in [-0.1, -0.05) is 0 Å². The number of nitrogens with one attached hydrogen (secondary N) is 1. The van der Waals surface area contributed by atoms with Crippen LogP contribution in [-0.4, -0.2) is 26.2 Å². The van der Waals surface area contributed by atoms with Gasteiger partial charge in [0.1, 0.15) is 12.1 Å². The number of carboxylic acid groups (broad SMARTS) is 1. The molecule has 18 heavy (non-hydrogen) atoms. The van der Waals surface area contributed by atoms with Gasteiger partial charge in [-0.05, 0) is 13.0 Å². The molecule has 0 aliphatic rings. The summed E-state index contributed by atoms with van der Waals surface area (Å²) in [7, 11) is 0. The first-order valence-corrected chi connectivity index (χ1v) is 5.01. The van der Waals surface area contributed by atoms with Gasteiger partial charge in [-0.2, -0.15) is 4.39 Å². The lowest BCUT2D eigenvalue weighted by Gasteiger charge is -2.04. The van der Waals surface area contributed by atoms with Gasteiger partial charge in [0, 0.05) is 23.4 Å². The van der Waals surface area contributed by atoms with E-state index < -0.39 is 12.0 Å². The van der Waals surface area contributed by atoms with Crippen LogP contribution in [0.25, 0.3) is 11.3 Å². The van der Waals surface area contributed by atoms with Crippen molar-refractivity contribution in [2.24, 2.45) is 0 Å². The van der Waals surface area contributed by atoms with Crippen LogP contribution in [0, 0.1) is 12.9 Å². The van der Waals surface area contributed by atoms with Gasteiger partial charge in [0.15, 0.2) is 0 Å². The number of aromatic nitrogens is 3. The fourth-order valence-corrected chi connectivity index (χ4v) is 1.39. The van der Waals surface area contributed by atoms with E-state index in [2.05, 4.69) is 20.3 Å². The van der Waals surface area contributed by atoms with Gasteiger partial charge in [0.25, 0.3) is 0 Å². The first-order chi connectivity index (χ1) is 8.56. The van der Waals surface area contributed by atoms with Crippen molar-refractivity contribution in [2.75, 3.05) is 5.32 Å². The molecule has 92 valence electrons. The topological polar surface area (TPSA) is 88.0 Å². The minimum Gasteiger partial charge on any atom is -0.465 e. The van der Waals surface area contributed by atoms with Gasteiger partial charge in [-0.15, -0.1) is 0 Å². The fourth-order valence-electron chi connectivity index (χ4n) is 1.39. The summed E-state index contributed by atoms with van der Waals surface area (Å²) < 4.78 is 13.0. The summed E-state index contributed by atoms with van der Waals surface area (Å²) in [6, 6.07) is 3.03. The highest BCUT2D eigenvalue weighted by Gasteiger charge is 2.06. The number of pyridine rings is 1. The van der Waals surface area contributed by atoms with Crippen LogP contribution in [0.3, 0.4) is 0 Å². The summed E-state index contributed by atoms with van der Waals surface area (Å²) in [5, 5.41) is 10.7. The Morgan fingerprint density at radius 1 is 1.33 bits per heavy atom. The van der Waals surface area contributed by atoms with Crippen molar-refractivity contribution in [1.29, 1.82) is 0 Å². The molecule has 2 aromatic heterocycles. The predicted molar refractivity (Wildman–Crippen MR) is 61.6 cm³/mol. The monoisotopic (exact) mass is 248 g/mol. The Labute approximate surface area is 102 Å². The highest BCUT2D eigenvalue weighted by molar-refractivity contribution is 5.82. The molecule has 7 heteroatoms. The van der Waals surface area contributed by atoms with Gasteiger partial charge < -0.3 is 5.11 Å². The molecule has 1 amide bonds. The molecule has 0 bridgehead atoms. The van der Waals surface area contributed by atoms with Gasteiger partial charge in [-0.3, -0.25) is 5.32 Å². The van der Waals surface area contributed by atoms with E-state index in [-0.39, 0.29) is 5.82 Å². The summed E-state index contributed by atoms with van der Waals surface area (Å²) in [6.45, 7) is 1.59. The highest BCUT2D eigenvalue weighted by Crippen LogP contribution is 2.19. The lowest BCUT2D eigenvalue weighted by atomic mass is 10.1. The Morgan fingerprint density at radius 2 is 2.11 bits per heavy atom. The average molecular weight is 248 g/mol. The number of nitrogens with zero attached hydrogens (tertiary/aromatic N) is 3. The number of carbonyl (C=O) groups is 1. The molecule has 0 saturated carbocycles. The van der Waals surface area contributed by atoms with Gasteiger partial charge in [0.05, 0.1) is 5.69 Å². The zero-order chi connectivity index (χ0) is 13.1. The van der Waals surface area contributed by atoms with E-state index in [0.717, 1.165) is 0 Å². The Morgan fingerprint density at radius 3 is 2.78 bits per heavy atom. The SMILES string of the molecule is Cc1cc(-c2cc(NC(=O)O)ncn2)cnc1F. The van der Waals surface area contributed by atoms with Crippen molar-refractivity contribution >= 4 is 11.9 Å². The van der Waals surface area contributed by atoms with Crippen molar-refractivity contribution in [3.05, 3.63) is 36.2 Å². The Kier molecular flexibility index (Phi) is 3.13. The summed E-state index contributed by atoms with van der Waals surface area (Å²) >= 11 is 0. The van der Waals surface area contributed by atoms with E-state index in [1.165, 1.54) is 18.6 Å². The normalized spacial score (nSPS) is 10.1. The number of amides is 1. The molecule has 2 rings (SSSR count). The smallest absolute Gasteiger partial charge is 0.410 e. The molecule has 2 aromatic rings. The molecule has 0 spiro atoms. The molecule has 2 heterocycles. The number of hydrogen-bond acceptors (Lipinski definition) is 4. The van der Waals surface area contributed by atoms with Crippen molar-refractivity contribution in [3.8, 4) is 11.3 Å². The van der Waals surface area contributed by atoms with Crippen molar-refractivity contribution in [2.45, 2.75) is 6.92 Å². The second kappa shape index (κ2) is 4.74. The molecule has 0 unspecified atom stereocenters. The second-order valence-electron chi connectivity index (χ2n) is 3.55. The predicted octanol–water partition coefficient (Wildman–Crippen LogP) is 2.08. The zero-order valence-electron chi connectivity index (χ0n) is 9.38. The van der Waals surface area contributed by atoms with Crippen LogP contribution in [-0.2, 0) is 0 Å². The third-order valence-electron chi connectivity index (χ3n) is 2.21. The van der Waals surface area contributed by atoms with Crippen LogP contribution in [0.2, 0.25) is 0 Å². The highest BCUT2D eigenvalue weighted by atomic mass is 19.1. The van der Waals surface area contributed by atoms with E-state index in [4.69, 9.17) is 5.11 Å². The lowest BCUT2D eigenvalue weighted by Crippen LogP contribution is -2.09. The van der Waals surface area contributed by atoms with Crippen LogP contribution in [0.1, 0.15) is 5.56 Å². The first kappa shape index (κ1) is 11.9. The van der Waals surface area contributed by atoms with E-state index in [0.29, 0.717) is 16.8 Å². The largest absolute Gasteiger partial charge is 0.465 e. The maximum Gasteiger partial charge on any atom is 0.410 e. The third-order valence-corrected chi connectivity index (χ3v) is 2.21. The summed E-state index contributed by atoms with van der Waals surface area (Å²) in [5.41, 5.74) is 1.44. The molecule has 0 saturated heterocycles. The molecule has 0 atom stereocenters. The average Bonchev–Trinajstić information content (AvgIpc) is 2.32. The van der Waals surface area contributed by atoms with Crippen LogP contribution >= 0.6 is 0 Å². The minimum absolute atomic E-state index is 0.148. The summed E-state index contributed by atoms with van der Waals surface area (Å²) in [5.74, 6) is -0.397. The molecular weight excluding hydrogens is 239 g/mol.